The first-order valence-electron chi connectivity index (χ1n) is 17.0. The third kappa shape index (κ3) is 8.93. The van der Waals surface area contributed by atoms with Gasteiger partial charge in [-0.3, -0.25) is 15.1 Å². The van der Waals surface area contributed by atoms with Crippen molar-refractivity contribution in [3.05, 3.63) is 111 Å². The molecule has 13 heteroatoms. The molecule has 0 aliphatic carbocycles. The number of benzene rings is 3. The van der Waals surface area contributed by atoms with Gasteiger partial charge in [0, 0.05) is 82.9 Å². The number of carboxylic acids is 1. The van der Waals surface area contributed by atoms with E-state index >= 15 is 0 Å². The van der Waals surface area contributed by atoms with Crippen LogP contribution in [0.15, 0.2) is 83.7 Å². The highest BCUT2D eigenvalue weighted by molar-refractivity contribution is 9.10. The summed E-state index contributed by atoms with van der Waals surface area (Å²) in [6.45, 7) is 3.29. The number of hydrogen-bond acceptors (Lipinski definition) is 9. The lowest BCUT2D eigenvalue weighted by molar-refractivity contribution is -0.140. The van der Waals surface area contributed by atoms with Gasteiger partial charge in [-0.05, 0) is 70.7 Å². The summed E-state index contributed by atoms with van der Waals surface area (Å²) in [6.07, 6.45) is 6.84. The van der Waals surface area contributed by atoms with Gasteiger partial charge < -0.3 is 34.3 Å². The SMILES string of the molecule is N#Cc1cncc(COc2cc(OCc3cccc(-c4cccc5c4ccn5CCCN4CC[C@@H](O)C4)c3Br)c(Cl)cc2CN[C@@H](CO)C(=O)O)c1. The molecule has 0 saturated carbocycles. The standard InChI is InChI=1S/C39H39BrClN5O6/c40-38-27(4-1-6-32(38)30-5-2-7-35-31(30)9-13-46(35)11-3-10-45-12-8-29(48)21-45)24-52-37-16-36(51-23-26-14-25(17-42)18-43-19-26)28(15-33(37)41)20-44-34(22-47)39(49)50/h1-2,4-7,9,13-16,18-19,29,34,44,47-48H,3,8,10-12,20-24H2,(H,49,50)/t29-,34+/m1/s1. The van der Waals surface area contributed by atoms with Crippen molar-refractivity contribution in [2.45, 2.75) is 51.3 Å². The van der Waals surface area contributed by atoms with Gasteiger partial charge in [-0.2, -0.15) is 5.26 Å². The lowest BCUT2D eigenvalue weighted by atomic mass is 10.00. The Balaban J connectivity index is 1.20. The topological polar surface area (TPSA) is 153 Å². The van der Waals surface area contributed by atoms with E-state index in [0.717, 1.165) is 71.1 Å². The molecule has 270 valence electrons. The van der Waals surface area contributed by atoms with Gasteiger partial charge in [0.25, 0.3) is 0 Å². The smallest absolute Gasteiger partial charge is 0.323 e. The van der Waals surface area contributed by atoms with E-state index in [4.69, 9.17) is 21.1 Å². The number of nitrogens with one attached hydrogen (secondary N) is 1. The Morgan fingerprint density at radius 1 is 1.06 bits per heavy atom. The summed E-state index contributed by atoms with van der Waals surface area (Å²) in [6, 6.07) is 20.4. The number of nitrogens with zero attached hydrogens (tertiary/aromatic N) is 4. The van der Waals surface area contributed by atoms with Crippen molar-refractivity contribution in [2.24, 2.45) is 0 Å². The number of hydrogen-bond donors (Lipinski definition) is 4. The van der Waals surface area contributed by atoms with Crippen LogP contribution in [-0.4, -0.2) is 74.1 Å². The number of β-amino-alcohol motifs (C(OH)–C–C–N with tert-alkyl or cyclic N) is 1. The van der Waals surface area contributed by atoms with E-state index in [9.17, 15) is 25.4 Å². The third-order valence-electron chi connectivity index (χ3n) is 9.14. The Morgan fingerprint density at radius 3 is 2.63 bits per heavy atom. The van der Waals surface area contributed by atoms with E-state index in [-0.39, 0.29) is 25.9 Å². The Hall–Kier alpha value is -4.48. The van der Waals surface area contributed by atoms with Gasteiger partial charge in [0.15, 0.2) is 0 Å². The quantitative estimate of drug-likeness (QED) is 0.0918. The van der Waals surface area contributed by atoms with Crippen molar-refractivity contribution in [3.8, 4) is 28.7 Å². The van der Waals surface area contributed by atoms with Gasteiger partial charge in [0.1, 0.15) is 36.8 Å². The van der Waals surface area contributed by atoms with Crippen LogP contribution >= 0.6 is 27.5 Å². The second-order valence-corrected chi connectivity index (χ2v) is 13.9. The molecule has 1 aliphatic rings. The minimum absolute atomic E-state index is 0.0484. The molecule has 3 heterocycles. The van der Waals surface area contributed by atoms with E-state index in [0.29, 0.717) is 33.2 Å². The molecule has 6 rings (SSSR count). The minimum Gasteiger partial charge on any atom is -0.488 e. The van der Waals surface area contributed by atoms with E-state index in [1.54, 1.807) is 24.4 Å². The predicted octanol–water partition coefficient (Wildman–Crippen LogP) is 6.14. The molecule has 4 N–H and O–H groups in total. The van der Waals surface area contributed by atoms with Crippen molar-refractivity contribution in [3.63, 3.8) is 0 Å². The molecule has 0 unspecified atom stereocenters. The lowest BCUT2D eigenvalue weighted by Crippen LogP contribution is -2.39. The number of aryl methyl sites for hydroxylation is 1. The maximum Gasteiger partial charge on any atom is 0.323 e. The monoisotopic (exact) mass is 787 g/mol. The summed E-state index contributed by atoms with van der Waals surface area (Å²) in [5, 5.41) is 42.3. The maximum absolute atomic E-state index is 11.5. The van der Waals surface area contributed by atoms with Crippen LogP contribution in [0.3, 0.4) is 0 Å². The maximum atomic E-state index is 11.5. The zero-order valence-electron chi connectivity index (χ0n) is 28.3. The third-order valence-corrected chi connectivity index (χ3v) is 10.4. The number of aliphatic hydroxyl groups excluding tert-OH is 2. The zero-order valence-corrected chi connectivity index (χ0v) is 30.7. The first-order valence-corrected chi connectivity index (χ1v) is 18.2. The molecular formula is C39H39BrClN5O6. The number of pyridine rings is 1. The van der Waals surface area contributed by atoms with Gasteiger partial charge in [0.2, 0.25) is 0 Å². The van der Waals surface area contributed by atoms with Gasteiger partial charge in [-0.1, -0.05) is 41.9 Å². The summed E-state index contributed by atoms with van der Waals surface area (Å²) in [5.74, 6) is -0.438. The second-order valence-electron chi connectivity index (χ2n) is 12.7. The van der Waals surface area contributed by atoms with E-state index < -0.39 is 18.6 Å². The van der Waals surface area contributed by atoms with Gasteiger partial charge >= 0.3 is 5.97 Å². The Labute approximate surface area is 315 Å². The molecule has 1 fully saturated rings. The number of rotatable bonds is 16. The van der Waals surface area contributed by atoms with Crippen molar-refractivity contribution >= 4 is 44.4 Å². The van der Waals surface area contributed by atoms with Crippen molar-refractivity contribution < 1.29 is 29.6 Å². The predicted molar refractivity (Wildman–Crippen MR) is 201 cm³/mol. The zero-order chi connectivity index (χ0) is 36.6. The molecule has 52 heavy (non-hydrogen) atoms. The average Bonchev–Trinajstić information content (AvgIpc) is 3.77. The van der Waals surface area contributed by atoms with Crippen LogP contribution in [0.4, 0.5) is 0 Å². The Bertz CT molecular complexity index is 2080. The highest BCUT2D eigenvalue weighted by Crippen LogP contribution is 2.38. The van der Waals surface area contributed by atoms with Crippen LogP contribution in [0.25, 0.3) is 22.0 Å². The first-order chi connectivity index (χ1) is 25.2. The van der Waals surface area contributed by atoms with Gasteiger partial charge in [-0.15, -0.1) is 0 Å². The second kappa shape index (κ2) is 17.4. The summed E-state index contributed by atoms with van der Waals surface area (Å²) in [4.78, 5) is 17.9. The number of fused-ring (bicyclic) bond motifs is 1. The fourth-order valence-electron chi connectivity index (χ4n) is 6.40. The van der Waals surface area contributed by atoms with Crippen molar-refractivity contribution in [1.82, 2.24) is 19.8 Å². The first kappa shape index (κ1) is 37.3. The van der Waals surface area contributed by atoms with Crippen molar-refractivity contribution in [2.75, 3.05) is 26.2 Å². The normalized spacial score (nSPS) is 15.1. The molecule has 0 amide bonds. The highest BCUT2D eigenvalue weighted by atomic mass is 79.9. The van der Waals surface area contributed by atoms with E-state index in [2.05, 4.69) is 78.3 Å². The molecule has 0 bridgehead atoms. The van der Waals surface area contributed by atoms with Gasteiger partial charge in [0.05, 0.1) is 23.3 Å². The number of aliphatic hydroxyl groups is 2. The number of ether oxygens (including phenoxy) is 2. The molecule has 0 spiro atoms. The number of halogens is 2. The number of aliphatic carboxylic acids is 1. The Morgan fingerprint density at radius 2 is 1.87 bits per heavy atom. The average molecular weight is 789 g/mol. The molecule has 0 radical (unpaired) electrons. The fraction of sp³-hybridized carbons (Fsp3) is 0.308. The van der Waals surface area contributed by atoms with Crippen LogP contribution in [-0.2, 0) is 31.1 Å². The largest absolute Gasteiger partial charge is 0.488 e. The summed E-state index contributed by atoms with van der Waals surface area (Å²) >= 11 is 10.6. The van der Waals surface area contributed by atoms with E-state index in [1.165, 1.54) is 6.20 Å². The molecule has 3 aromatic carbocycles. The van der Waals surface area contributed by atoms with Crippen LogP contribution in [0.2, 0.25) is 5.02 Å². The fourth-order valence-corrected chi connectivity index (χ4v) is 7.23. The Kier molecular flexibility index (Phi) is 12.4. The number of carboxylic acid groups (broad SMARTS) is 1. The van der Waals surface area contributed by atoms with Crippen LogP contribution in [0.1, 0.15) is 35.1 Å². The number of likely N-dealkylation sites (tertiary alicyclic amines) is 1. The lowest BCUT2D eigenvalue weighted by Gasteiger charge is -2.18. The van der Waals surface area contributed by atoms with Crippen LogP contribution in [0.5, 0.6) is 11.5 Å². The summed E-state index contributed by atoms with van der Waals surface area (Å²) in [5.41, 5.74) is 5.80. The van der Waals surface area contributed by atoms with Crippen LogP contribution in [0, 0.1) is 11.3 Å². The molecule has 2 atom stereocenters. The number of carbonyl (C=O) groups is 1. The van der Waals surface area contributed by atoms with E-state index in [1.807, 2.05) is 12.1 Å². The number of aromatic nitrogens is 2. The summed E-state index contributed by atoms with van der Waals surface area (Å²) in [7, 11) is 0. The number of nitriles is 1. The molecule has 1 saturated heterocycles. The molecular weight excluding hydrogens is 750 g/mol. The van der Waals surface area contributed by atoms with Crippen molar-refractivity contribution in [1.29, 1.82) is 5.26 Å². The summed E-state index contributed by atoms with van der Waals surface area (Å²) < 4.78 is 15.6. The molecule has 1 aliphatic heterocycles. The minimum atomic E-state index is -1.19. The molecule has 5 aromatic rings. The van der Waals surface area contributed by atoms with Gasteiger partial charge in [-0.25, -0.2) is 0 Å². The highest BCUT2D eigenvalue weighted by Gasteiger charge is 2.21. The molecule has 11 nitrogen and oxygen atoms in total. The van der Waals surface area contributed by atoms with Crippen LogP contribution < -0.4 is 14.8 Å². The molecule has 2 aromatic heterocycles.